The summed E-state index contributed by atoms with van der Waals surface area (Å²) < 4.78 is 0. The maximum absolute atomic E-state index is 14.3. The third-order valence-electron chi connectivity index (χ3n) is 10.7. The lowest BCUT2D eigenvalue weighted by Crippen LogP contribution is -2.60. The molecule has 0 spiro atoms. The molecule has 0 aliphatic rings. The van der Waals surface area contributed by atoms with Gasteiger partial charge in [-0.25, -0.2) is 4.79 Å². The summed E-state index contributed by atoms with van der Waals surface area (Å²) in [6, 6.07) is -2.22. The van der Waals surface area contributed by atoms with Crippen LogP contribution in [-0.2, 0) is 49.6 Å². The average Bonchev–Trinajstić information content (AvgIpc) is 3.70. The van der Waals surface area contributed by atoms with E-state index in [1.165, 1.54) is 11.8 Å². The molecular formula is C44H70N12O12S. The first kappa shape index (κ1) is 58.7. The quantitative estimate of drug-likeness (QED) is 0.0221. The first-order valence-electron chi connectivity index (χ1n) is 22.7. The third kappa shape index (κ3) is 22.0. The number of amides is 6. The molecule has 2 aromatic rings. The first-order valence-corrected chi connectivity index (χ1v) is 24.1. The van der Waals surface area contributed by atoms with Crippen LogP contribution in [0.4, 0.5) is 0 Å². The molecule has 1 aromatic carbocycles. The number of rotatable bonds is 34. The van der Waals surface area contributed by atoms with E-state index < -0.39 is 115 Å². The SMILES string of the molecule is CSCC[C@H](NC(=O)[C@H](Cc1c[nH]c2ccccc12)NC(=O)[C@H](CCCN=C(N)N)NC(=O)[C@H](CCCCN)NC(=O)[C@H](CC(C)C)NC(=O)[C@H](CCC(=O)O)NC(=O)[C@@H](N)CCC(=O)O)C(=O)O. The van der Waals surface area contributed by atoms with Crippen LogP contribution >= 0.6 is 11.8 Å². The molecule has 18 N–H and O–H groups in total. The fourth-order valence-electron chi connectivity index (χ4n) is 7.05. The number of nitrogens with zero attached hydrogens (tertiary/aromatic N) is 1. The molecule has 0 aliphatic carbocycles. The average molecular weight is 991 g/mol. The molecule has 0 aliphatic heterocycles. The van der Waals surface area contributed by atoms with Crippen LogP contribution < -0.4 is 54.8 Å². The summed E-state index contributed by atoms with van der Waals surface area (Å²) >= 11 is 1.39. The van der Waals surface area contributed by atoms with E-state index in [0.29, 0.717) is 24.2 Å². The molecule has 1 aromatic heterocycles. The lowest BCUT2D eigenvalue weighted by molar-refractivity contribution is -0.142. The van der Waals surface area contributed by atoms with Crippen LogP contribution in [-0.4, -0.2) is 147 Å². The Morgan fingerprint density at radius 1 is 0.652 bits per heavy atom. The molecule has 0 bridgehead atoms. The van der Waals surface area contributed by atoms with Gasteiger partial charge in [-0.15, -0.1) is 0 Å². The van der Waals surface area contributed by atoms with Crippen molar-refractivity contribution < 1.29 is 58.5 Å². The van der Waals surface area contributed by atoms with E-state index in [4.69, 9.17) is 28.0 Å². The third-order valence-corrected chi connectivity index (χ3v) is 11.4. The number of fused-ring (bicyclic) bond motifs is 1. The number of H-pyrrole nitrogens is 1. The molecule has 1 heterocycles. The number of carboxylic acids is 3. The lowest BCUT2D eigenvalue weighted by atomic mass is 10.00. The molecule has 0 unspecified atom stereocenters. The van der Waals surface area contributed by atoms with Gasteiger partial charge in [0.25, 0.3) is 0 Å². The largest absolute Gasteiger partial charge is 0.481 e. The molecule has 0 saturated carbocycles. The van der Waals surface area contributed by atoms with E-state index in [1.54, 1.807) is 32.4 Å². The Balaban J connectivity index is 2.49. The van der Waals surface area contributed by atoms with Crippen molar-refractivity contribution in [2.45, 2.75) is 133 Å². The second-order valence-corrected chi connectivity index (χ2v) is 17.9. The van der Waals surface area contributed by atoms with E-state index in [0.717, 1.165) is 10.9 Å². The van der Waals surface area contributed by atoms with Gasteiger partial charge < -0.3 is 75.1 Å². The van der Waals surface area contributed by atoms with E-state index in [1.807, 2.05) is 18.2 Å². The molecule has 6 amide bonds. The van der Waals surface area contributed by atoms with E-state index in [2.05, 4.69) is 41.9 Å². The normalized spacial score (nSPS) is 14.2. The van der Waals surface area contributed by atoms with E-state index >= 15 is 0 Å². The summed E-state index contributed by atoms with van der Waals surface area (Å²) in [4.78, 5) is 125. The van der Waals surface area contributed by atoms with Gasteiger partial charge in [0.1, 0.15) is 36.3 Å². The lowest BCUT2D eigenvalue weighted by Gasteiger charge is -2.28. The number of benzene rings is 1. The minimum atomic E-state index is -1.50. The van der Waals surface area contributed by atoms with Crippen LogP contribution in [0.5, 0.6) is 0 Å². The Kier molecular flexibility index (Phi) is 26.2. The highest BCUT2D eigenvalue weighted by Crippen LogP contribution is 2.20. The van der Waals surface area contributed by atoms with Gasteiger partial charge in [-0.3, -0.25) is 43.3 Å². The molecular weight excluding hydrogens is 921 g/mol. The molecule has 0 radical (unpaired) electrons. The summed E-state index contributed by atoms with van der Waals surface area (Å²) in [5.41, 5.74) is 24.0. The van der Waals surface area contributed by atoms with Crippen molar-refractivity contribution in [1.29, 1.82) is 0 Å². The number of nitrogens with two attached hydrogens (primary N) is 4. The summed E-state index contributed by atoms with van der Waals surface area (Å²) in [6.45, 7) is 3.80. The molecule has 2 rings (SSSR count). The van der Waals surface area contributed by atoms with Crippen molar-refractivity contribution in [2.24, 2.45) is 33.8 Å². The Bertz CT molecular complexity index is 2080. The number of aliphatic carboxylic acids is 3. The number of aromatic nitrogens is 1. The highest BCUT2D eigenvalue weighted by molar-refractivity contribution is 7.98. The Labute approximate surface area is 404 Å². The molecule has 69 heavy (non-hydrogen) atoms. The number of hydrogen-bond donors (Lipinski definition) is 14. The van der Waals surface area contributed by atoms with Crippen LogP contribution in [0.1, 0.15) is 90.0 Å². The zero-order chi connectivity index (χ0) is 51.6. The Morgan fingerprint density at radius 2 is 1.16 bits per heavy atom. The zero-order valence-electron chi connectivity index (χ0n) is 39.3. The van der Waals surface area contributed by atoms with Gasteiger partial charge in [0.2, 0.25) is 35.4 Å². The van der Waals surface area contributed by atoms with Crippen molar-refractivity contribution in [3.05, 3.63) is 36.0 Å². The maximum atomic E-state index is 14.3. The van der Waals surface area contributed by atoms with E-state index in [9.17, 15) is 53.4 Å². The number of guanidine groups is 1. The smallest absolute Gasteiger partial charge is 0.326 e. The number of carbonyl (C=O) groups is 9. The highest BCUT2D eigenvalue weighted by atomic mass is 32.2. The monoisotopic (exact) mass is 990 g/mol. The van der Waals surface area contributed by atoms with Crippen LogP contribution in [0.25, 0.3) is 10.9 Å². The van der Waals surface area contributed by atoms with Gasteiger partial charge in [0.15, 0.2) is 5.96 Å². The molecule has 384 valence electrons. The van der Waals surface area contributed by atoms with Gasteiger partial charge in [-0.2, -0.15) is 11.8 Å². The molecule has 0 saturated heterocycles. The molecule has 0 fully saturated rings. The first-order chi connectivity index (χ1) is 32.7. The second kappa shape index (κ2) is 30.8. The van der Waals surface area contributed by atoms with Crippen molar-refractivity contribution in [1.82, 2.24) is 36.9 Å². The van der Waals surface area contributed by atoms with Gasteiger partial charge in [0, 0.05) is 42.9 Å². The minimum absolute atomic E-state index is 0.0160. The number of nitrogens with one attached hydrogen (secondary N) is 7. The fraction of sp³-hybridized carbons (Fsp3) is 0.591. The summed E-state index contributed by atoms with van der Waals surface area (Å²) in [6.07, 6.45) is 2.68. The Morgan fingerprint density at radius 3 is 1.72 bits per heavy atom. The van der Waals surface area contributed by atoms with Crippen LogP contribution in [0.3, 0.4) is 0 Å². The topological polar surface area (TPSA) is 419 Å². The van der Waals surface area contributed by atoms with Crippen molar-refractivity contribution in [3.63, 3.8) is 0 Å². The summed E-state index contributed by atoms with van der Waals surface area (Å²) in [7, 11) is 0. The Hall–Kier alpha value is -6.47. The number of aliphatic imine (C=N–C) groups is 1. The van der Waals surface area contributed by atoms with Crippen LogP contribution in [0, 0.1) is 5.92 Å². The van der Waals surface area contributed by atoms with Gasteiger partial charge in [-0.05, 0) is 93.9 Å². The van der Waals surface area contributed by atoms with Crippen LogP contribution in [0.2, 0.25) is 0 Å². The number of carbonyl (C=O) groups excluding carboxylic acids is 6. The number of para-hydroxylation sites is 1. The van der Waals surface area contributed by atoms with Gasteiger partial charge in [-0.1, -0.05) is 32.0 Å². The van der Waals surface area contributed by atoms with Gasteiger partial charge >= 0.3 is 17.9 Å². The van der Waals surface area contributed by atoms with Crippen molar-refractivity contribution in [2.75, 3.05) is 25.1 Å². The predicted octanol–water partition coefficient (Wildman–Crippen LogP) is -1.26. The van der Waals surface area contributed by atoms with Crippen LogP contribution in [0.15, 0.2) is 35.5 Å². The summed E-state index contributed by atoms with van der Waals surface area (Å²) in [5, 5.41) is 44.5. The summed E-state index contributed by atoms with van der Waals surface area (Å²) in [5.74, 6) is -8.90. The standard InChI is InChI=1S/C44H70N12O12S/c1-24(2)21-33(55-40(64)31(14-16-36(59)60)51-37(61)27(46)13-15-35(57)58)41(65)53-29(11-6-7-18-45)38(62)52-30(12-8-19-49-44(47)48)39(63)56-34(42(66)54-32(43(67)68)17-20-69-3)22-25-23-50-28-10-5-4-9-26(25)28/h4-5,9-10,23-24,27,29-34,50H,6-8,11-22,45-46H2,1-3H3,(H,51,61)(H,52,62)(H,53,65)(H,54,66)(H,55,64)(H,56,63)(H,57,58)(H,59,60)(H,67,68)(H4,47,48,49)/t27-,29-,30-,31-,32-,33-,34-/m0/s1. The minimum Gasteiger partial charge on any atom is -0.481 e. The molecule has 25 heteroatoms. The predicted molar refractivity (Wildman–Crippen MR) is 258 cm³/mol. The number of unbranched alkanes of at least 4 members (excludes halogenated alkanes) is 1. The zero-order valence-corrected chi connectivity index (χ0v) is 40.1. The second-order valence-electron chi connectivity index (χ2n) is 16.9. The number of carboxylic acid groups (broad SMARTS) is 3. The van der Waals surface area contributed by atoms with E-state index in [-0.39, 0.29) is 69.9 Å². The number of aromatic amines is 1. The highest BCUT2D eigenvalue weighted by Gasteiger charge is 2.34. The molecule has 7 atom stereocenters. The number of hydrogen-bond acceptors (Lipinski definition) is 13. The fourth-order valence-corrected chi connectivity index (χ4v) is 7.52. The van der Waals surface area contributed by atoms with Crippen molar-refractivity contribution in [3.8, 4) is 0 Å². The maximum Gasteiger partial charge on any atom is 0.326 e. The van der Waals surface area contributed by atoms with Gasteiger partial charge in [0.05, 0.1) is 6.04 Å². The molecule has 24 nitrogen and oxygen atoms in total. The van der Waals surface area contributed by atoms with Crippen molar-refractivity contribution >= 4 is 82.0 Å². The number of thioether (sulfide) groups is 1.